The Hall–Kier alpha value is -1.64. The Kier molecular flexibility index (Phi) is 8.32. The molecule has 156 valence electrons. The van der Waals surface area contributed by atoms with E-state index >= 15 is 0 Å². The average molecular weight is 506 g/mol. The van der Waals surface area contributed by atoms with Gasteiger partial charge in [-0.15, -0.1) is 24.0 Å². The third-order valence-electron chi connectivity index (χ3n) is 5.59. The summed E-state index contributed by atoms with van der Waals surface area (Å²) in [5.41, 5.74) is 5.53. The topological polar surface area (TPSA) is 40.1 Å². The molecule has 1 N–H and O–H groups in total. The van der Waals surface area contributed by atoms with E-state index in [4.69, 9.17) is 4.74 Å². The molecule has 2 aromatic carbocycles. The van der Waals surface area contributed by atoms with Gasteiger partial charge in [0.2, 0.25) is 0 Å². The number of nitrogens with one attached hydrogen (secondary N) is 1. The minimum absolute atomic E-state index is 0. The molecule has 0 saturated carbocycles. The van der Waals surface area contributed by atoms with Crippen molar-refractivity contribution in [1.29, 1.82) is 0 Å². The standard InChI is InChI=1S/C23H30N4O.HI/c1-24-23(27-10-9-21-7-2-3-8-22(21)18-27)25-16-19-5-4-6-20(15-19)17-26-11-13-28-14-12-26;/h2-8,15H,9-14,16-18H2,1H3,(H,24,25);1H. The molecule has 5 nitrogen and oxygen atoms in total. The van der Waals surface area contributed by atoms with Crippen LogP contribution in [-0.4, -0.2) is 55.7 Å². The Morgan fingerprint density at radius 1 is 1.00 bits per heavy atom. The number of hydrogen-bond donors (Lipinski definition) is 1. The van der Waals surface area contributed by atoms with Crippen LogP contribution in [-0.2, 0) is 30.8 Å². The summed E-state index contributed by atoms with van der Waals surface area (Å²) >= 11 is 0. The molecule has 2 aliphatic heterocycles. The van der Waals surface area contributed by atoms with Crippen LogP contribution in [0.25, 0.3) is 0 Å². The minimum Gasteiger partial charge on any atom is -0.379 e. The number of fused-ring (bicyclic) bond motifs is 1. The van der Waals surface area contributed by atoms with Crippen molar-refractivity contribution in [2.45, 2.75) is 26.1 Å². The molecule has 6 heteroatoms. The lowest BCUT2D eigenvalue weighted by Crippen LogP contribution is -2.43. The van der Waals surface area contributed by atoms with Gasteiger partial charge >= 0.3 is 0 Å². The number of nitrogens with zero attached hydrogens (tertiary/aromatic N) is 3. The number of aliphatic imine (C=N–C) groups is 1. The van der Waals surface area contributed by atoms with Gasteiger partial charge < -0.3 is 15.0 Å². The molecule has 1 saturated heterocycles. The van der Waals surface area contributed by atoms with Gasteiger partial charge in [-0.3, -0.25) is 9.89 Å². The zero-order valence-electron chi connectivity index (χ0n) is 17.1. The lowest BCUT2D eigenvalue weighted by molar-refractivity contribution is 0.0342. The molecular formula is C23H31IN4O. The second-order valence-electron chi connectivity index (χ2n) is 7.55. The predicted octanol–water partition coefficient (Wildman–Crippen LogP) is 3.27. The molecule has 0 amide bonds. The van der Waals surface area contributed by atoms with E-state index in [1.807, 2.05) is 7.05 Å². The van der Waals surface area contributed by atoms with Gasteiger partial charge in [-0.25, -0.2) is 0 Å². The first kappa shape index (κ1) is 22.1. The summed E-state index contributed by atoms with van der Waals surface area (Å²) in [6.45, 7) is 7.45. The minimum atomic E-state index is 0. The first-order valence-electron chi connectivity index (χ1n) is 10.2. The third-order valence-corrected chi connectivity index (χ3v) is 5.59. The van der Waals surface area contributed by atoms with E-state index in [2.05, 4.69) is 68.6 Å². The Labute approximate surface area is 191 Å². The van der Waals surface area contributed by atoms with Crippen molar-refractivity contribution in [3.8, 4) is 0 Å². The summed E-state index contributed by atoms with van der Waals surface area (Å²) in [5.74, 6) is 0.980. The van der Waals surface area contributed by atoms with Crippen LogP contribution in [0.1, 0.15) is 22.3 Å². The van der Waals surface area contributed by atoms with E-state index in [-0.39, 0.29) is 24.0 Å². The highest BCUT2D eigenvalue weighted by Gasteiger charge is 2.18. The monoisotopic (exact) mass is 506 g/mol. The zero-order chi connectivity index (χ0) is 19.2. The van der Waals surface area contributed by atoms with Gasteiger partial charge in [-0.2, -0.15) is 0 Å². The number of guanidine groups is 1. The third kappa shape index (κ3) is 5.93. The van der Waals surface area contributed by atoms with Gasteiger partial charge in [0.25, 0.3) is 0 Å². The molecule has 4 rings (SSSR count). The highest BCUT2D eigenvalue weighted by molar-refractivity contribution is 14.0. The molecule has 0 spiro atoms. The van der Waals surface area contributed by atoms with Crippen molar-refractivity contribution in [3.05, 3.63) is 70.8 Å². The van der Waals surface area contributed by atoms with E-state index in [0.717, 1.165) is 64.9 Å². The molecule has 0 bridgehead atoms. The normalized spacial score (nSPS) is 17.4. The maximum atomic E-state index is 5.45. The van der Waals surface area contributed by atoms with Crippen LogP contribution in [0.15, 0.2) is 53.5 Å². The van der Waals surface area contributed by atoms with Gasteiger partial charge in [0.15, 0.2) is 5.96 Å². The van der Waals surface area contributed by atoms with Gasteiger partial charge in [0, 0.05) is 46.3 Å². The highest BCUT2D eigenvalue weighted by Crippen LogP contribution is 2.18. The van der Waals surface area contributed by atoms with Crippen molar-refractivity contribution in [2.24, 2.45) is 4.99 Å². The Balaban J connectivity index is 0.00000240. The number of ether oxygens (including phenoxy) is 1. The summed E-state index contributed by atoms with van der Waals surface area (Å²) in [6.07, 6.45) is 1.08. The maximum absolute atomic E-state index is 5.45. The Morgan fingerprint density at radius 3 is 2.55 bits per heavy atom. The smallest absolute Gasteiger partial charge is 0.194 e. The van der Waals surface area contributed by atoms with Crippen LogP contribution >= 0.6 is 24.0 Å². The van der Waals surface area contributed by atoms with Crippen LogP contribution < -0.4 is 5.32 Å². The van der Waals surface area contributed by atoms with Gasteiger partial charge in [-0.05, 0) is 28.7 Å². The lowest BCUT2D eigenvalue weighted by Gasteiger charge is -2.31. The van der Waals surface area contributed by atoms with E-state index in [1.54, 1.807) is 0 Å². The first-order chi connectivity index (χ1) is 13.8. The van der Waals surface area contributed by atoms with Crippen LogP contribution in [0.2, 0.25) is 0 Å². The van der Waals surface area contributed by atoms with Crippen molar-refractivity contribution in [1.82, 2.24) is 15.1 Å². The van der Waals surface area contributed by atoms with E-state index in [1.165, 1.54) is 22.3 Å². The molecule has 0 aliphatic carbocycles. The van der Waals surface area contributed by atoms with Crippen LogP contribution in [0, 0.1) is 0 Å². The molecule has 29 heavy (non-hydrogen) atoms. The second kappa shape index (κ2) is 10.9. The van der Waals surface area contributed by atoms with Crippen LogP contribution in [0.4, 0.5) is 0 Å². The molecule has 0 radical (unpaired) electrons. The van der Waals surface area contributed by atoms with E-state index < -0.39 is 0 Å². The number of benzene rings is 2. The fourth-order valence-electron chi connectivity index (χ4n) is 4.05. The average Bonchev–Trinajstić information content (AvgIpc) is 2.75. The molecular weight excluding hydrogens is 475 g/mol. The SMILES string of the molecule is CN=C(NCc1cccc(CN2CCOCC2)c1)N1CCc2ccccc2C1.I. The molecule has 0 unspecified atom stereocenters. The maximum Gasteiger partial charge on any atom is 0.194 e. The van der Waals surface area contributed by atoms with Crippen molar-refractivity contribution in [2.75, 3.05) is 39.9 Å². The van der Waals surface area contributed by atoms with E-state index in [0.29, 0.717) is 0 Å². The second-order valence-corrected chi connectivity index (χ2v) is 7.55. The lowest BCUT2D eigenvalue weighted by atomic mass is 10.0. The molecule has 1 fully saturated rings. The zero-order valence-corrected chi connectivity index (χ0v) is 19.5. The summed E-state index contributed by atoms with van der Waals surface area (Å²) < 4.78 is 5.45. The fourth-order valence-corrected chi connectivity index (χ4v) is 4.05. The first-order valence-corrected chi connectivity index (χ1v) is 10.2. The largest absolute Gasteiger partial charge is 0.379 e. The number of hydrogen-bond acceptors (Lipinski definition) is 3. The molecule has 2 heterocycles. The van der Waals surface area contributed by atoms with Gasteiger partial charge in [0.1, 0.15) is 0 Å². The Bertz CT molecular complexity index is 820. The summed E-state index contributed by atoms with van der Waals surface area (Å²) in [4.78, 5) is 9.33. The molecule has 0 atom stereocenters. The van der Waals surface area contributed by atoms with Gasteiger partial charge in [0.05, 0.1) is 13.2 Å². The predicted molar refractivity (Wildman–Crippen MR) is 129 cm³/mol. The fraction of sp³-hybridized carbons (Fsp3) is 0.435. The van der Waals surface area contributed by atoms with Gasteiger partial charge in [-0.1, -0.05) is 48.5 Å². The van der Waals surface area contributed by atoms with E-state index in [9.17, 15) is 0 Å². The van der Waals surface area contributed by atoms with Crippen LogP contribution in [0.5, 0.6) is 0 Å². The summed E-state index contributed by atoms with van der Waals surface area (Å²) in [6, 6.07) is 17.6. The van der Waals surface area contributed by atoms with Crippen molar-refractivity contribution >= 4 is 29.9 Å². The van der Waals surface area contributed by atoms with Crippen molar-refractivity contribution in [3.63, 3.8) is 0 Å². The Morgan fingerprint density at radius 2 is 1.76 bits per heavy atom. The number of halogens is 1. The quantitative estimate of drug-likeness (QED) is 0.393. The molecule has 0 aromatic heterocycles. The number of rotatable bonds is 4. The summed E-state index contributed by atoms with van der Waals surface area (Å²) in [7, 11) is 1.87. The summed E-state index contributed by atoms with van der Waals surface area (Å²) in [5, 5.41) is 3.56. The van der Waals surface area contributed by atoms with Crippen molar-refractivity contribution < 1.29 is 4.74 Å². The molecule has 2 aliphatic rings. The molecule has 2 aromatic rings. The number of morpholine rings is 1. The highest BCUT2D eigenvalue weighted by atomic mass is 127. The van der Waals surface area contributed by atoms with Crippen LogP contribution in [0.3, 0.4) is 0 Å².